The van der Waals surface area contributed by atoms with Crippen molar-refractivity contribution in [2.45, 2.75) is 43.9 Å². The monoisotopic (exact) mass is 488 g/mol. The van der Waals surface area contributed by atoms with E-state index < -0.39 is 23.8 Å². The van der Waals surface area contributed by atoms with E-state index in [1.165, 1.54) is 23.0 Å². The number of nitrogens with one attached hydrogen (secondary N) is 4. The molecule has 2 aliphatic rings. The van der Waals surface area contributed by atoms with Crippen LogP contribution in [-0.4, -0.2) is 50.6 Å². The fourth-order valence-corrected chi connectivity index (χ4v) is 4.49. The van der Waals surface area contributed by atoms with Crippen LogP contribution in [0.15, 0.2) is 36.7 Å². The molecule has 1 aliphatic heterocycles. The Balaban J connectivity index is 1.31. The van der Waals surface area contributed by atoms with E-state index in [1.54, 1.807) is 24.3 Å². The highest BCUT2D eigenvalue weighted by molar-refractivity contribution is 5.99. The van der Waals surface area contributed by atoms with Gasteiger partial charge in [0.25, 0.3) is 5.91 Å². The Hall–Kier alpha value is -3.87. The summed E-state index contributed by atoms with van der Waals surface area (Å²) in [6, 6.07) is 6.97. The number of hydrogen-bond donors (Lipinski definition) is 4. The lowest BCUT2D eigenvalue weighted by Crippen LogP contribution is -2.50. The van der Waals surface area contributed by atoms with Gasteiger partial charge in [0, 0.05) is 30.2 Å². The minimum atomic E-state index is -4.56. The minimum Gasteiger partial charge on any atom is -0.382 e. The molecule has 3 heterocycles. The molecular formula is C22H23F3N8O2. The van der Waals surface area contributed by atoms with E-state index in [0.717, 1.165) is 25.3 Å². The molecule has 1 unspecified atom stereocenters. The Morgan fingerprint density at radius 2 is 1.97 bits per heavy atom. The Kier molecular flexibility index (Phi) is 5.71. The number of carbonyl (C=O) groups is 2. The van der Waals surface area contributed by atoms with Crippen molar-refractivity contribution in [2.24, 2.45) is 0 Å². The molecule has 1 saturated carbocycles. The van der Waals surface area contributed by atoms with Crippen LogP contribution in [0.4, 0.5) is 29.5 Å². The van der Waals surface area contributed by atoms with Gasteiger partial charge in [-0.2, -0.15) is 13.2 Å². The molecule has 1 aliphatic carbocycles. The maximum absolute atomic E-state index is 13.4. The molecule has 2 atom stereocenters. The molecule has 4 N–H and O–H groups in total. The number of carbonyl (C=O) groups excluding carboxylic acids is 2. The van der Waals surface area contributed by atoms with Crippen LogP contribution in [0, 0.1) is 0 Å². The van der Waals surface area contributed by atoms with Gasteiger partial charge in [0.15, 0.2) is 11.5 Å². The number of alkyl halides is 3. The van der Waals surface area contributed by atoms with Crippen molar-refractivity contribution in [1.29, 1.82) is 0 Å². The zero-order valence-corrected chi connectivity index (χ0v) is 18.7. The molecule has 2 amide bonds. The molecule has 1 fully saturated rings. The molecule has 2 aromatic heterocycles. The van der Waals surface area contributed by atoms with E-state index >= 15 is 0 Å². The summed E-state index contributed by atoms with van der Waals surface area (Å²) in [6.45, 7) is 0. The number of pyridine rings is 1. The molecular weight excluding hydrogens is 465 g/mol. The van der Waals surface area contributed by atoms with Crippen molar-refractivity contribution in [3.05, 3.63) is 48.0 Å². The van der Waals surface area contributed by atoms with E-state index in [1.807, 2.05) is 0 Å². The predicted molar refractivity (Wildman–Crippen MR) is 121 cm³/mol. The van der Waals surface area contributed by atoms with Gasteiger partial charge in [-0.25, -0.2) is 24.3 Å². The van der Waals surface area contributed by atoms with Gasteiger partial charge >= 0.3 is 12.2 Å². The summed E-state index contributed by atoms with van der Waals surface area (Å²) >= 11 is 0. The van der Waals surface area contributed by atoms with E-state index in [-0.39, 0.29) is 29.1 Å². The van der Waals surface area contributed by atoms with Crippen molar-refractivity contribution in [3.8, 4) is 0 Å². The number of imidazole rings is 1. The lowest BCUT2D eigenvalue weighted by atomic mass is 9.90. The third kappa shape index (κ3) is 4.46. The van der Waals surface area contributed by atoms with Gasteiger partial charge in [-0.3, -0.25) is 10.2 Å². The van der Waals surface area contributed by atoms with Crippen LogP contribution in [0.3, 0.4) is 0 Å². The first-order chi connectivity index (χ1) is 16.7. The zero-order valence-electron chi connectivity index (χ0n) is 18.7. The number of hydrazine groups is 2. The highest BCUT2D eigenvalue weighted by Crippen LogP contribution is 2.34. The predicted octanol–water partition coefficient (Wildman–Crippen LogP) is 3.35. The number of nitrogens with zero attached hydrogens (tertiary/aromatic N) is 4. The van der Waals surface area contributed by atoms with Crippen molar-refractivity contribution in [2.75, 3.05) is 17.8 Å². The van der Waals surface area contributed by atoms with Gasteiger partial charge in [-0.15, -0.1) is 5.53 Å². The number of para-hydroxylation sites is 1. The number of hydrogen-bond acceptors (Lipinski definition) is 7. The summed E-state index contributed by atoms with van der Waals surface area (Å²) in [7, 11) is 1.52. The van der Waals surface area contributed by atoms with Crippen LogP contribution in [0.25, 0.3) is 10.9 Å². The van der Waals surface area contributed by atoms with Crippen molar-refractivity contribution >= 4 is 34.3 Å². The third-order valence-electron chi connectivity index (χ3n) is 6.19. The third-order valence-corrected chi connectivity index (χ3v) is 6.19. The molecule has 1 aromatic carbocycles. The van der Waals surface area contributed by atoms with Crippen LogP contribution in [0.2, 0.25) is 0 Å². The number of rotatable bonds is 4. The molecule has 10 nitrogen and oxygen atoms in total. The maximum Gasteiger partial charge on any atom is 0.433 e. The zero-order chi connectivity index (χ0) is 24.7. The fraction of sp³-hybridized carbons (Fsp3) is 0.364. The number of benzene rings is 1. The van der Waals surface area contributed by atoms with E-state index in [2.05, 4.69) is 31.6 Å². The summed E-state index contributed by atoms with van der Waals surface area (Å²) in [4.78, 5) is 32.9. The molecule has 0 radical (unpaired) electrons. The number of amides is 2. The summed E-state index contributed by atoms with van der Waals surface area (Å²) in [6.07, 6.45) is -0.523. The Labute approximate surface area is 197 Å². The first kappa shape index (κ1) is 22.9. The number of fused-ring (bicyclic) bond motifs is 2. The molecule has 5 rings (SSSR count). The Morgan fingerprint density at radius 1 is 1.20 bits per heavy atom. The van der Waals surface area contributed by atoms with Gasteiger partial charge < -0.3 is 10.6 Å². The lowest BCUT2D eigenvalue weighted by Gasteiger charge is -2.31. The number of halogens is 3. The Morgan fingerprint density at radius 3 is 2.77 bits per heavy atom. The first-order valence-electron chi connectivity index (χ1n) is 11.1. The molecule has 184 valence electrons. The first-order valence-corrected chi connectivity index (χ1v) is 11.1. The highest BCUT2D eigenvalue weighted by Gasteiger charge is 2.34. The van der Waals surface area contributed by atoms with E-state index in [4.69, 9.17) is 0 Å². The van der Waals surface area contributed by atoms with Crippen LogP contribution in [0.5, 0.6) is 0 Å². The minimum absolute atomic E-state index is 0.0731. The van der Waals surface area contributed by atoms with Crippen molar-refractivity contribution < 1.29 is 22.8 Å². The quantitative estimate of drug-likeness (QED) is 0.445. The second-order valence-corrected chi connectivity index (χ2v) is 8.64. The van der Waals surface area contributed by atoms with Crippen molar-refractivity contribution in [1.82, 2.24) is 30.4 Å². The van der Waals surface area contributed by atoms with Crippen LogP contribution in [-0.2, 0) is 6.18 Å². The topological polar surface area (TPSA) is 116 Å². The number of aromatic nitrogens is 3. The van der Waals surface area contributed by atoms with Gasteiger partial charge in [0.2, 0.25) is 0 Å². The molecule has 3 aromatic rings. The van der Waals surface area contributed by atoms with Crippen LogP contribution in [0.1, 0.15) is 41.9 Å². The second-order valence-electron chi connectivity index (χ2n) is 8.64. The van der Waals surface area contributed by atoms with Gasteiger partial charge in [-0.1, -0.05) is 18.2 Å². The molecule has 0 saturated heterocycles. The molecule has 0 bridgehead atoms. The molecule has 35 heavy (non-hydrogen) atoms. The standard InChI is InChI=1S/C22H23F3N8O2/c1-32-21(35)33-11-26-18(19(33)30-31-32)20(34)28-13-6-4-5-12(9-13)27-16-10-17(22(23,24)25)29-15-8-3-2-7-14(15)16/h2-3,7-8,10-13,30-31H,4-6,9H2,1H3,(H,27,29)(H,28,34)/t12-,13?/m0/s1. The smallest absolute Gasteiger partial charge is 0.382 e. The maximum atomic E-state index is 13.4. The van der Waals surface area contributed by atoms with Gasteiger partial charge in [0.05, 0.1) is 5.52 Å². The van der Waals surface area contributed by atoms with Gasteiger partial charge in [-0.05, 0) is 37.8 Å². The average Bonchev–Trinajstić information content (AvgIpc) is 3.26. The summed E-state index contributed by atoms with van der Waals surface area (Å²) in [5.74, 6) is -0.205. The van der Waals surface area contributed by atoms with E-state index in [9.17, 15) is 22.8 Å². The van der Waals surface area contributed by atoms with Crippen molar-refractivity contribution in [3.63, 3.8) is 0 Å². The summed E-state index contributed by atoms with van der Waals surface area (Å²) in [5, 5.41) is 8.01. The normalized spacial score (nSPS) is 20.3. The van der Waals surface area contributed by atoms with Crippen LogP contribution >= 0.6 is 0 Å². The summed E-state index contributed by atoms with van der Waals surface area (Å²) < 4.78 is 41.4. The second kappa shape index (κ2) is 8.73. The number of anilines is 2. The molecule has 13 heteroatoms. The SMILES string of the molecule is CN1NNc2c(C(=O)NC3CCC[C@H](Nc4cc(C(F)(F)F)nc5ccccc45)C3)ncn2C1=O. The van der Waals surface area contributed by atoms with Crippen LogP contribution < -0.4 is 21.6 Å². The highest BCUT2D eigenvalue weighted by atomic mass is 19.4. The molecule has 0 spiro atoms. The average molecular weight is 488 g/mol. The largest absolute Gasteiger partial charge is 0.433 e. The van der Waals surface area contributed by atoms with E-state index in [0.29, 0.717) is 17.5 Å². The van der Waals surface area contributed by atoms with Gasteiger partial charge in [0.1, 0.15) is 12.0 Å². The fourth-order valence-electron chi connectivity index (χ4n) is 4.49. The Bertz CT molecular complexity index is 1290. The lowest BCUT2D eigenvalue weighted by molar-refractivity contribution is -0.140. The summed E-state index contributed by atoms with van der Waals surface area (Å²) in [5.41, 5.74) is 5.15.